The number of piperidine rings is 1. The standard InChI is InChI=1S/C24H28FN5O4/c1-34-20-7-6-17(25)21-16(20)11-19(29-21)24(33)30-18(9-13-4-5-13)23(32)28-15(12-26)10-14-3-2-8-27-22(14)31/h6-7,11,13-15,18,29H,2-5,8-10H2,1H3,(H,27,31)(H,28,32)(H,30,33)/t14-,15-,18-/m0/s1. The molecule has 2 aromatic rings. The molecule has 3 atom stereocenters. The number of hydrogen-bond acceptors (Lipinski definition) is 5. The zero-order valence-electron chi connectivity index (χ0n) is 18.9. The van der Waals surface area contributed by atoms with Crippen molar-refractivity contribution in [3.05, 3.63) is 29.7 Å². The van der Waals surface area contributed by atoms with Crippen LogP contribution in [0, 0.1) is 29.0 Å². The van der Waals surface area contributed by atoms with Gasteiger partial charge in [-0.05, 0) is 49.8 Å². The van der Waals surface area contributed by atoms with Gasteiger partial charge in [-0.15, -0.1) is 0 Å². The monoisotopic (exact) mass is 469 g/mol. The van der Waals surface area contributed by atoms with Crippen LogP contribution in [0.5, 0.6) is 5.75 Å². The minimum atomic E-state index is -0.853. The summed E-state index contributed by atoms with van der Waals surface area (Å²) in [6, 6.07) is 4.58. The van der Waals surface area contributed by atoms with Gasteiger partial charge < -0.3 is 25.7 Å². The van der Waals surface area contributed by atoms with E-state index in [1.54, 1.807) is 0 Å². The number of nitrogens with zero attached hydrogens (tertiary/aromatic N) is 1. The Bertz CT molecular complexity index is 1140. The molecule has 1 saturated heterocycles. The summed E-state index contributed by atoms with van der Waals surface area (Å²) in [5, 5.41) is 18.2. The van der Waals surface area contributed by atoms with Crippen molar-refractivity contribution in [1.82, 2.24) is 20.9 Å². The number of halogens is 1. The Balaban J connectivity index is 1.46. The summed E-state index contributed by atoms with van der Waals surface area (Å²) < 4.78 is 19.5. The quantitative estimate of drug-likeness (QED) is 0.446. The second-order valence-electron chi connectivity index (χ2n) is 8.98. The highest BCUT2D eigenvalue weighted by Crippen LogP contribution is 2.34. The summed E-state index contributed by atoms with van der Waals surface area (Å²) >= 11 is 0. The van der Waals surface area contributed by atoms with E-state index in [9.17, 15) is 24.0 Å². The lowest BCUT2D eigenvalue weighted by molar-refractivity contribution is -0.128. The molecule has 2 aliphatic rings. The molecule has 180 valence electrons. The second-order valence-corrected chi connectivity index (χ2v) is 8.98. The van der Waals surface area contributed by atoms with Crippen LogP contribution in [0.4, 0.5) is 4.39 Å². The molecule has 1 aromatic carbocycles. The zero-order valence-corrected chi connectivity index (χ0v) is 18.9. The van der Waals surface area contributed by atoms with E-state index in [2.05, 4.69) is 27.0 Å². The molecule has 4 rings (SSSR count). The van der Waals surface area contributed by atoms with E-state index >= 15 is 0 Å². The van der Waals surface area contributed by atoms with Crippen molar-refractivity contribution in [1.29, 1.82) is 5.26 Å². The highest BCUT2D eigenvalue weighted by Gasteiger charge is 2.33. The lowest BCUT2D eigenvalue weighted by Crippen LogP contribution is -2.50. The number of nitrogens with one attached hydrogen (secondary N) is 4. The first-order valence-electron chi connectivity index (χ1n) is 11.5. The SMILES string of the molecule is COc1ccc(F)c2[nH]c(C(=O)N[C@@H](CC3CC3)C(=O)N[C@H](C#N)C[C@@H]3CCCNC3=O)cc12. The predicted octanol–water partition coefficient (Wildman–Crippen LogP) is 2.14. The van der Waals surface area contributed by atoms with E-state index in [0.29, 0.717) is 36.4 Å². The number of aromatic nitrogens is 1. The van der Waals surface area contributed by atoms with Gasteiger partial charge in [-0.25, -0.2) is 4.39 Å². The minimum absolute atomic E-state index is 0.0997. The number of nitriles is 1. The van der Waals surface area contributed by atoms with E-state index in [0.717, 1.165) is 19.3 Å². The van der Waals surface area contributed by atoms with Gasteiger partial charge in [0.2, 0.25) is 11.8 Å². The van der Waals surface area contributed by atoms with Crippen molar-refractivity contribution in [3.8, 4) is 11.8 Å². The van der Waals surface area contributed by atoms with Crippen LogP contribution in [0.3, 0.4) is 0 Å². The molecule has 3 amide bonds. The number of methoxy groups -OCH3 is 1. The van der Waals surface area contributed by atoms with Crippen molar-refractivity contribution in [2.24, 2.45) is 11.8 Å². The van der Waals surface area contributed by atoms with E-state index in [4.69, 9.17) is 4.74 Å². The van der Waals surface area contributed by atoms with Gasteiger partial charge in [0.05, 0.1) is 18.7 Å². The third kappa shape index (κ3) is 5.30. The molecule has 1 aliphatic carbocycles. The Morgan fingerprint density at radius 3 is 2.74 bits per heavy atom. The molecule has 34 heavy (non-hydrogen) atoms. The van der Waals surface area contributed by atoms with Crippen LogP contribution in [-0.4, -0.2) is 48.4 Å². The van der Waals surface area contributed by atoms with Crippen LogP contribution in [0.15, 0.2) is 18.2 Å². The van der Waals surface area contributed by atoms with E-state index in [-0.39, 0.29) is 29.5 Å². The minimum Gasteiger partial charge on any atom is -0.496 e. The van der Waals surface area contributed by atoms with Gasteiger partial charge in [0.15, 0.2) is 0 Å². The molecule has 0 radical (unpaired) electrons. The fourth-order valence-electron chi connectivity index (χ4n) is 4.38. The topological polar surface area (TPSA) is 136 Å². The predicted molar refractivity (Wildman–Crippen MR) is 121 cm³/mol. The molecule has 10 heteroatoms. The molecule has 2 heterocycles. The van der Waals surface area contributed by atoms with Crippen LogP contribution in [0.1, 0.15) is 49.0 Å². The maximum atomic E-state index is 14.2. The number of aromatic amines is 1. The third-order valence-corrected chi connectivity index (χ3v) is 6.45. The van der Waals surface area contributed by atoms with Crippen LogP contribution in [-0.2, 0) is 9.59 Å². The number of ether oxygens (including phenoxy) is 1. The maximum absolute atomic E-state index is 14.2. The van der Waals surface area contributed by atoms with E-state index in [1.807, 2.05) is 0 Å². The molecule has 1 saturated carbocycles. The molecule has 4 N–H and O–H groups in total. The average Bonchev–Trinajstić information content (AvgIpc) is 3.53. The Morgan fingerprint density at radius 2 is 2.06 bits per heavy atom. The van der Waals surface area contributed by atoms with Crippen molar-refractivity contribution < 1.29 is 23.5 Å². The second kappa shape index (κ2) is 10.1. The molecule has 9 nitrogen and oxygen atoms in total. The summed E-state index contributed by atoms with van der Waals surface area (Å²) in [5.74, 6) is -1.24. The fourth-order valence-corrected chi connectivity index (χ4v) is 4.38. The number of benzene rings is 1. The number of carbonyl (C=O) groups is 3. The Morgan fingerprint density at radius 1 is 1.26 bits per heavy atom. The van der Waals surface area contributed by atoms with Crippen molar-refractivity contribution in [2.75, 3.05) is 13.7 Å². The first-order chi connectivity index (χ1) is 16.4. The van der Waals surface area contributed by atoms with Gasteiger partial charge >= 0.3 is 0 Å². The molecule has 0 spiro atoms. The summed E-state index contributed by atoms with van der Waals surface area (Å²) in [4.78, 5) is 40.8. The van der Waals surface area contributed by atoms with Crippen molar-refractivity contribution in [2.45, 2.75) is 50.6 Å². The summed E-state index contributed by atoms with van der Waals surface area (Å²) in [7, 11) is 1.46. The average molecular weight is 470 g/mol. The first kappa shape index (κ1) is 23.5. The summed E-state index contributed by atoms with van der Waals surface area (Å²) in [6.45, 7) is 0.623. The van der Waals surface area contributed by atoms with Crippen LogP contribution >= 0.6 is 0 Å². The Kier molecular flexibility index (Phi) is 7.01. The largest absolute Gasteiger partial charge is 0.496 e. The molecular weight excluding hydrogens is 441 g/mol. The number of H-pyrrole nitrogens is 1. The lowest BCUT2D eigenvalue weighted by atomic mass is 9.92. The maximum Gasteiger partial charge on any atom is 0.268 e. The van der Waals surface area contributed by atoms with Gasteiger partial charge in [-0.3, -0.25) is 14.4 Å². The summed E-state index contributed by atoms with van der Waals surface area (Å²) in [5.41, 5.74) is 0.241. The number of amides is 3. The zero-order chi connectivity index (χ0) is 24.2. The first-order valence-corrected chi connectivity index (χ1v) is 11.5. The number of carbonyl (C=O) groups excluding carboxylic acids is 3. The van der Waals surface area contributed by atoms with Gasteiger partial charge in [0, 0.05) is 17.8 Å². The normalized spacial score (nSPS) is 19.6. The van der Waals surface area contributed by atoms with E-state index < -0.39 is 29.7 Å². The van der Waals surface area contributed by atoms with Crippen LogP contribution in [0.2, 0.25) is 0 Å². The molecular formula is C24H28FN5O4. The Labute approximate surface area is 196 Å². The highest BCUT2D eigenvalue weighted by atomic mass is 19.1. The van der Waals surface area contributed by atoms with Gasteiger partial charge in [-0.1, -0.05) is 12.8 Å². The smallest absolute Gasteiger partial charge is 0.268 e. The lowest BCUT2D eigenvalue weighted by Gasteiger charge is -2.25. The fraction of sp³-hybridized carbons (Fsp3) is 0.500. The molecule has 1 aromatic heterocycles. The number of fused-ring (bicyclic) bond motifs is 1. The van der Waals surface area contributed by atoms with Gasteiger partial charge in [0.25, 0.3) is 5.91 Å². The van der Waals surface area contributed by atoms with E-state index in [1.165, 1.54) is 25.3 Å². The van der Waals surface area contributed by atoms with Crippen molar-refractivity contribution in [3.63, 3.8) is 0 Å². The van der Waals surface area contributed by atoms with Crippen LogP contribution in [0.25, 0.3) is 10.9 Å². The highest BCUT2D eigenvalue weighted by molar-refractivity contribution is 6.01. The molecule has 2 fully saturated rings. The third-order valence-electron chi connectivity index (χ3n) is 6.45. The van der Waals surface area contributed by atoms with Crippen molar-refractivity contribution >= 4 is 28.6 Å². The molecule has 1 aliphatic heterocycles. The van der Waals surface area contributed by atoms with Gasteiger partial charge in [-0.2, -0.15) is 5.26 Å². The molecule has 0 unspecified atom stereocenters. The van der Waals surface area contributed by atoms with Crippen LogP contribution < -0.4 is 20.7 Å². The van der Waals surface area contributed by atoms with Gasteiger partial charge in [0.1, 0.15) is 29.3 Å². The molecule has 0 bridgehead atoms. The Hall–Kier alpha value is -3.61. The number of hydrogen-bond donors (Lipinski definition) is 4. The number of rotatable bonds is 9. The summed E-state index contributed by atoms with van der Waals surface area (Å²) in [6.07, 6.45) is 4.11.